The van der Waals surface area contributed by atoms with E-state index < -0.39 is 0 Å². The maximum absolute atomic E-state index is 5.99. The third-order valence-corrected chi connectivity index (χ3v) is 3.54. The van der Waals surface area contributed by atoms with E-state index in [1.165, 1.54) is 17.2 Å². The molecule has 8 heteroatoms. The van der Waals surface area contributed by atoms with Gasteiger partial charge in [0.05, 0.1) is 0 Å². The predicted octanol–water partition coefficient (Wildman–Crippen LogP) is 3.20. The molecule has 1 aliphatic rings. The maximum Gasteiger partial charge on any atom is 0.170 e. The zero-order chi connectivity index (χ0) is 12.7. The van der Waals surface area contributed by atoms with E-state index in [4.69, 9.17) is 34.8 Å². The Hall–Kier alpha value is -1.04. The number of imidazole rings is 1. The fourth-order valence-electron chi connectivity index (χ4n) is 1.60. The van der Waals surface area contributed by atoms with Crippen molar-refractivity contribution in [3.63, 3.8) is 0 Å². The quantitative estimate of drug-likeness (QED) is 0.946. The van der Waals surface area contributed by atoms with Gasteiger partial charge >= 0.3 is 0 Å². The molecule has 0 bridgehead atoms. The first-order valence-electron chi connectivity index (χ1n) is 5.32. The van der Waals surface area contributed by atoms with Crippen molar-refractivity contribution in [1.29, 1.82) is 0 Å². The van der Waals surface area contributed by atoms with Crippen molar-refractivity contribution < 1.29 is 0 Å². The van der Waals surface area contributed by atoms with Crippen LogP contribution in [0.2, 0.25) is 0 Å². The Morgan fingerprint density at radius 3 is 2.67 bits per heavy atom. The molecule has 0 spiro atoms. The Morgan fingerprint density at radius 2 is 2.00 bits per heavy atom. The van der Waals surface area contributed by atoms with Crippen LogP contribution in [-0.2, 0) is 0 Å². The van der Waals surface area contributed by atoms with Crippen LogP contribution in [0.4, 0.5) is 5.82 Å². The van der Waals surface area contributed by atoms with Crippen molar-refractivity contribution in [2.24, 2.45) is 0 Å². The Kier molecular flexibility index (Phi) is 3.05. The molecule has 2 heterocycles. The Balaban J connectivity index is 2.11. The van der Waals surface area contributed by atoms with Gasteiger partial charge in [0.1, 0.15) is 22.3 Å². The normalized spacial score (nSPS) is 14.8. The first-order valence-corrected chi connectivity index (χ1v) is 6.46. The van der Waals surface area contributed by atoms with Crippen molar-refractivity contribution in [1.82, 2.24) is 19.5 Å². The van der Waals surface area contributed by atoms with Gasteiger partial charge in [0, 0.05) is 6.04 Å². The number of rotatable bonds is 3. The summed E-state index contributed by atoms with van der Waals surface area (Å²) in [5, 5.41) is 3.45. The number of hydrogen-bond acceptors (Lipinski definition) is 4. The van der Waals surface area contributed by atoms with Crippen molar-refractivity contribution >= 4 is 56.9 Å². The summed E-state index contributed by atoms with van der Waals surface area (Å²) in [4.78, 5) is 12.6. The summed E-state index contributed by atoms with van der Waals surface area (Å²) in [6.45, 7) is 0. The van der Waals surface area contributed by atoms with Gasteiger partial charge in [-0.2, -0.15) is 0 Å². The fraction of sp³-hybridized carbons (Fsp3) is 0.300. The Bertz CT molecular complexity index is 627. The lowest BCUT2D eigenvalue weighted by atomic mass is 10.4. The molecule has 3 rings (SSSR count). The van der Waals surface area contributed by atoms with E-state index in [9.17, 15) is 0 Å². The average Bonchev–Trinajstić information content (AvgIpc) is 3.06. The van der Waals surface area contributed by atoms with Crippen LogP contribution in [0.25, 0.3) is 16.3 Å². The van der Waals surface area contributed by atoms with Gasteiger partial charge in [-0.05, 0) is 12.8 Å². The molecule has 1 N–H and O–H groups in total. The molecular weight excluding hydrogens is 297 g/mol. The smallest absolute Gasteiger partial charge is 0.170 e. The molecule has 0 atom stereocenters. The van der Waals surface area contributed by atoms with E-state index in [0.717, 1.165) is 12.8 Å². The topological polar surface area (TPSA) is 55.6 Å². The van der Waals surface area contributed by atoms with Gasteiger partial charge in [0.2, 0.25) is 0 Å². The summed E-state index contributed by atoms with van der Waals surface area (Å²) in [7, 11) is 0. The Labute approximate surface area is 118 Å². The highest BCUT2D eigenvalue weighted by atomic mass is 35.5. The number of fused-ring (bicyclic) bond motifs is 1. The fourth-order valence-corrected chi connectivity index (χ4v) is 1.90. The van der Waals surface area contributed by atoms with Crippen LogP contribution in [0, 0.1) is 0 Å². The summed E-state index contributed by atoms with van der Waals surface area (Å²) >= 11 is 17.3. The van der Waals surface area contributed by atoms with Crippen LogP contribution in [0.3, 0.4) is 0 Å². The van der Waals surface area contributed by atoms with Gasteiger partial charge in [-0.3, -0.25) is 4.57 Å². The van der Waals surface area contributed by atoms with Crippen LogP contribution in [-0.4, -0.2) is 25.6 Å². The summed E-state index contributed by atoms with van der Waals surface area (Å²) in [5.74, 6) is 0.705. The highest BCUT2D eigenvalue weighted by Crippen LogP contribution is 2.29. The van der Waals surface area contributed by atoms with E-state index in [2.05, 4.69) is 20.3 Å². The van der Waals surface area contributed by atoms with Crippen molar-refractivity contribution in [2.75, 3.05) is 5.32 Å². The lowest BCUT2D eigenvalue weighted by Crippen LogP contribution is -2.04. The lowest BCUT2D eigenvalue weighted by Gasteiger charge is -2.04. The van der Waals surface area contributed by atoms with Gasteiger partial charge < -0.3 is 5.32 Å². The molecule has 0 amide bonds. The summed E-state index contributed by atoms with van der Waals surface area (Å²) < 4.78 is 1.48. The maximum atomic E-state index is 5.99. The monoisotopic (exact) mass is 303 g/mol. The van der Waals surface area contributed by atoms with Crippen LogP contribution in [0.1, 0.15) is 12.8 Å². The molecule has 5 nitrogen and oxygen atoms in total. The molecule has 0 aliphatic heterocycles. The third kappa shape index (κ3) is 2.13. The van der Waals surface area contributed by atoms with Crippen LogP contribution >= 0.6 is 34.8 Å². The average molecular weight is 305 g/mol. The SMILES string of the molecule is ClC(Cl)=C(Cl)n1cnc2c(NC3CC3)ncnc21. The minimum Gasteiger partial charge on any atom is -0.365 e. The lowest BCUT2D eigenvalue weighted by molar-refractivity contribution is 1.08. The molecule has 94 valence electrons. The number of nitrogens with zero attached hydrogens (tertiary/aromatic N) is 4. The van der Waals surface area contributed by atoms with Crippen molar-refractivity contribution in [3.8, 4) is 0 Å². The van der Waals surface area contributed by atoms with Gasteiger partial charge in [-0.25, -0.2) is 15.0 Å². The van der Waals surface area contributed by atoms with E-state index >= 15 is 0 Å². The van der Waals surface area contributed by atoms with Gasteiger partial charge in [-0.1, -0.05) is 34.8 Å². The first-order chi connectivity index (χ1) is 8.66. The molecule has 0 saturated heterocycles. The predicted molar refractivity (Wildman–Crippen MR) is 72.7 cm³/mol. The molecule has 2 aromatic heterocycles. The summed E-state index contributed by atoms with van der Waals surface area (Å²) in [6, 6.07) is 0.482. The van der Waals surface area contributed by atoms with Crippen LogP contribution in [0.5, 0.6) is 0 Å². The standard InChI is InChI=1S/C10H8Cl3N5/c11-7(12)8(13)18-4-16-6-9(17-5-1-2-5)14-3-15-10(6)18/h3-5H,1-2H2,(H,14,15,17). The highest BCUT2D eigenvalue weighted by molar-refractivity contribution is 6.65. The number of halogens is 3. The third-order valence-electron chi connectivity index (χ3n) is 2.62. The highest BCUT2D eigenvalue weighted by Gasteiger charge is 2.23. The van der Waals surface area contributed by atoms with E-state index in [0.29, 0.717) is 23.0 Å². The molecule has 0 radical (unpaired) electrons. The second-order valence-electron chi connectivity index (χ2n) is 3.98. The van der Waals surface area contributed by atoms with Gasteiger partial charge in [-0.15, -0.1) is 0 Å². The molecule has 0 unspecified atom stereocenters. The first kappa shape index (κ1) is 12.0. The minimum atomic E-state index is -0.0359. The van der Waals surface area contributed by atoms with Crippen molar-refractivity contribution in [3.05, 3.63) is 17.1 Å². The molecule has 1 fully saturated rings. The molecule has 0 aromatic carbocycles. The summed E-state index contributed by atoms with van der Waals surface area (Å²) in [5.41, 5.74) is 1.22. The van der Waals surface area contributed by atoms with E-state index in [1.54, 1.807) is 0 Å². The molecule has 1 saturated carbocycles. The molecule has 1 aliphatic carbocycles. The number of hydrogen-bond donors (Lipinski definition) is 1. The van der Waals surface area contributed by atoms with E-state index in [1.807, 2.05) is 0 Å². The van der Waals surface area contributed by atoms with E-state index in [-0.39, 0.29) is 9.65 Å². The number of anilines is 1. The van der Waals surface area contributed by atoms with Gasteiger partial charge in [0.15, 0.2) is 17.0 Å². The zero-order valence-electron chi connectivity index (χ0n) is 9.07. The second-order valence-corrected chi connectivity index (χ2v) is 5.29. The minimum absolute atomic E-state index is 0.0359. The zero-order valence-corrected chi connectivity index (χ0v) is 11.3. The van der Waals surface area contributed by atoms with Gasteiger partial charge in [0.25, 0.3) is 0 Å². The van der Waals surface area contributed by atoms with Crippen LogP contribution in [0.15, 0.2) is 17.1 Å². The Morgan fingerprint density at radius 1 is 1.22 bits per heavy atom. The number of aromatic nitrogens is 4. The summed E-state index contributed by atoms with van der Waals surface area (Å²) in [6.07, 6.45) is 5.28. The molecular formula is C10H8Cl3N5. The second kappa shape index (κ2) is 4.57. The number of nitrogens with one attached hydrogen (secondary N) is 1. The molecule has 2 aromatic rings. The van der Waals surface area contributed by atoms with Crippen LogP contribution < -0.4 is 5.32 Å². The van der Waals surface area contributed by atoms with Crippen molar-refractivity contribution in [2.45, 2.75) is 18.9 Å². The largest absolute Gasteiger partial charge is 0.365 e. The molecule has 18 heavy (non-hydrogen) atoms.